The number of nitrogens with one attached hydrogen (secondary N) is 1. The molecule has 0 amide bonds. The molecule has 1 unspecified atom stereocenters. The van der Waals surface area contributed by atoms with Crippen LogP contribution in [0, 0.1) is 6.92 Å². The predicted octanol–water partition coefficient (Wildman–Crippen LogP) is 5.15. The molecule has 0 aliphatic carbocycles. The van der Waals surface area contributed by atoms with E-state index in [9.17, 15) is 13.2 Å². The van der Waals surface area contributed by atoms with Gasteiger partial charge in [-0.2, -0.15) is 13.2 Å². The van der Waals surface area contributed by atoms with Gasteiger partial charge in [0.15, 0.2) is 0 Å². The maximum Gasteiger partial charge on any atom is 0.416 e. The molecular weight excluding hydrogens is 351 g/mol. The lowest BCUT2D eigenvalue weighted by Crippen LogP contribution is -2.18. The second-order valence-electron chi connectivity index (χ2n) is 4.41. The third-order valence-corrected chi connectivity index (χ3v) is 4.64. The molecule has 0 bridgehead atoms. The van der Waals surface area contributed by atoms with Crippen LogP contribution in [-0.4, -0.2) is 7.05 Å². The van der Waals surface area contributed by atoms with E-state index in [4.69, 9.17) is 0 Å². The first-order chi connectivity index (χ1) is 9.32. The number of rotatable bonds is 3. The van der Waals surface area contributed by atoms with E-state index in [2.05, 4.69) is 21.2 Å². The van der Waals surface area contributed by atoms with E-state index in [-0.39, 0.29) is 6.04 Å². The van der Waals surface area contributed by atoms with Crippen LogP contribution in [0.4, 0.5) is 13.2 Å². The highest BCUT2D eigenvalue weighted by molar-refractivity contribution is 9.11. The Morgan fingerprint density at radius 3 is 2.45 bits per heavy atom. The number of hydrogen-bond donors (Lipinski definition) is 1. The molecule has 20 heavy (non-hydrogen) atoms. The van der Waals surface area contributed by atoms with E-state index in [0.717, 1.165) is 20.3 Å². The third-order valence-electron chi connectivity index (χ3n) is 3.07. The second-order valence-corrected chi connectivity index (χ2v) is 7.04. The number of hydrogen-bond acceptors (Lipinski definition) is 2. The summed E-state index contributed by atoms with van der Waals surface area (Å²) in [5, 5.41) is 3.09. The molecule has 0 saturated heterocycles. The van der Waals surface area contributed by atoms with Crippen molar-refractivity contribution in [3.63, 3.8) is 0 Å². The molecule has 1 N–H and O–H groups in total. The Kier molecular flexibility index (Phi) is 4.56. The van der Waals surface area contributed by atoms with Crippen molar-refractivity contribution in [1.82, 2.24) is 5.32 Å². The number of alkyl halides is 3. The number of benzene rings is 1. The quantitative estimate of drug-likeness (QED) is 0.795. The van der Waals surface area contributed by atoms with E-state index in [0.29, 0.717) is 5.56 Å². The minimum absolute atomic E-state index is 0.250. The van der Waals surface area contributed by atoms with Gasteiger partial charge in [-0.3, -0.25) is 0 Å². The van der Waals surface area contributed by atoms with Gasteiger partial charge in [-0.1, -0.05) is 12.1 Å². The van der Waals surface area contributed by atoms with Crippen LogP contribution in [0.5, 0.6) is 0 Å². The summed E-state index contributed by atoms with van der Waals surface area (Å²) in [6, 6.07) is 7.14. The van der Waals surface area contributed by atoms with Crippen LogP contribution in [0.25, 0.3) is 0 Å². The van der Waals surface area contributed by atoms with Crippen LogP contribution >= 0.6 is 27.3 Å². The van der Waals surface area contributed by atoms with Crippen LogP contribution in [0.1, 0.15) is 27.6 Å². The predicted molar refractivity (Wildman–Crippen MR) is 79.1 cm³/mol. The Balaban J connectivity index is 2.45. The Bertz CT molecular complexity index is 607. The van der Waals surface area contributed by atoms with Gasteiger partial charge < -0.3 is 5.32 Å². The zero-order chi connectivity index (χ0) is 14.9. The van der Waals surface area contributed by atoms with Crippen LogP contribution in [-0.2, 0) is 6.18 Å². The molecule has 1 aromatic heterocycles. The lowest BCUT2D eigenvalue weighted by molar-refractivity contribution is -0.137. The van der Waals surface area contributed by atoms with E-state index in [1.54, 1.807) is 24.5 Å². The van der Waals surface area contributed by atoms with Crippen molar-refractivity contribution in [2.45, 2.75) is 19.1 Å². The fourth-order valence-electron chi connectivity index (χ4n) is 2.14. The number of thiophene rings is 1. The summed E-state index contributed by atoms with van der Waals surface area (Å²) in [6.07, 6.45) is -4.32. The molecule has 1 aromatic carbocycles. The van der Waals surface area contributed by atoms with Gasteiger partial charge in [-0.15, -0.1) is 11.3 Å². The molecule has 1 heterocycles. The van der Waals surface area contributed by atoms with Gasteiger partial charge in [-0.05, 0) is 59.2 Å². The average Bonchev–Trinajstić information content (AvgIpc) is 2.69. The third kappa shape index (κ3) is 3.24. The lowest BCUT2D eigenvalue weighted by Gasteiger charge is -2.18. The Morgan fingerprint density at radius 1 is 1.25 bits per heavy atom. The van der Waals surface area contributed by atoms with Crippen molar-refractivity contribution in [3.05, 3.63) is 55.7 Å². The highest BCUT2D eigenvalue weighted by Crippen LogP contribution is 2.36. The Morgan fingerprint density at radius 2 is 1.95 bits per heavy atom. The van der Waals surface area contributed by atoms with Crippen LogP contribution in [0.2, 0.25) is 0 Å². The summed E-state index contributed by atoms with van der Waals surface area (Å²) in [7, 11) is 1.75. The topological polar surface area (TPSA) is 12.0 Å². The normalized spacial score (nSPS) is 13.5. The SMILES string of the molecule is CNC(c1cccc(C(F)(F)F)c1)c1cc(Br)sc1C. The molecule has 0 spiro atoms. The first-order valence-corrected chi connectivity index (χ1v) is 7.54. The van der Waals surface area contributed by atoms with Gasteiger partial charge in [0, 0.05) is 4.88 Å². The molecule has 0 fully saturated rings. The molecule has 0 aliphatic rings. The summed E-state index contributed by atoms with van der Waals surface area (Å²) < 4.78 is 39.4. The van der Waals surface area contributed by atoms with Gasteiger partial charge in [0.1, 0.15) is 0 Å². The zero-order valence-electron chi connectivity index (χ0n) is 10.9. The highest BCUT2D eigenvalue weighted by atomic mass is 79.9. The van der Waals surface area contributed by atoms with Crippen molar-refractivity contribution < 1.29 is 13.2 Å². The standard InChI is InChI=1S/C14H13BrF3NS/c1-8-11(7-12(15)20-8)13(19-2)9-4-3-5-10(6-9)14(16,17)18/h3-7,13,19H,1-2H3. The summed E-state index contributed by atoms with van der Waals surface area (Å²) in [5.74, 6) is 0. The molecule has 0 aliphatic heterocycles. The number of halogens is 4. The first kappa shape index (κ1) is 15.5. The zero-order valence-corrected chi connectivity index (χ0v) is 13.3. The summed E-state index contributed by atoms with van der Waals surface area (Å²) in [6.45, 7) is 1.96. The molecule has 1 nitrogen and oxygen atoms in total. The summed E-state index contributed by atoms with van der Waals surface area (Å²) >= 11 is 4.98. The number of aryl methyl sites for hydroxylation is 1. The van der Waals surface area contributed by atoms with Crippen molar-refractivity contribution in [2.75, 3.05) is 7.05 Å². The minimum atomic E-state index is -4.32. The second kappa shape index (κ2) is 5.87. The smallest absolute Gasteiger partial charge is 0.309 e. The van der Waals surface area contributed by atoms with Gasteiger partial charge >= 0.3 is 6.18 Å². The van der Waals surface area contributed by atoms with Crippen molar-refractivity contribution >= 4 is 27.3 Å². The molecule has 0 saturated carbocycles. The van der Waals surface area contributed by atoms with Crippen LogP contribution in [0.3, 0.4) is 0 Å². The largest absolute Gasteiger partial charge is 0.416 e. The maximum absolute atomic E-state index is 12.8. The molecule has 6 heteroatoms. The van der Waals surface area contributed by atoms with E-state index in [1.807, 2.05) is 13.0 Å². The fourth-order valence-corrected chi connectivity index (χ4v) is 3.89. The minimum Gasteiger partial charge on any atom is -0.309 e. The molecule has 2 aromatic rings. The summed E-state index contributed by atoms with van der Waals surface area (Å²) in [4.78, 5) is 1.08. The Labute approximate surface area is 128 Å². The summed E-state index contributed by atoms with van der Waals surface area (Å²) in [5.41, 5.74) is 0.974. The molecule has 0 radical (unpaired) electrons. The molecule has 2 rings (SSSR count). The monoisotopic (exact) mass is 363 g/mol. The van der Waals surface area contributed by atoms with E-state index < -0.39 is 11.7 Å². The molecular formula is C14H13BrF3NS. The Hall–Kier alpha value is -0.850. The first-order valence-electron chi connectivity index (χ1n) is 5.93. The van der Waals surface area contributed by atoms with Crippen LogP contribution in [0.15, 0.2) is 34.1 Å². The van der Waals surface area contributed by atoms with Gasteiger partial charge in [0.2, 0.25) is 0 Å². The van der Waals surface area contributed by atoms with E-state index in [1.165, 1.54) is 12.1 Å². The van der Waals surface area contributed by atoms with Crippen molar-refractivity contribution in [3.8, 4) is 0 Å². The highest BCUT2D eigenvalue weighted by Gasteiger charge is 2.31. The maximum atomic E-state index is 12.8. The van der Waals surface area contributed by atoms with Gasteiger partial charge in [0.05, 0.1) is 15.4 Å². The van der Waals surface area contributed by atoms with Gasteiger partial charge in [-0.25, -0.2) is 0 Å². The average molecular weight is 364 g/mol. The van der Waals surface area contributed by atoms with Crippen LogP contribution < -0.4 is 5.32 Å². The van der Waals surface area contributed by atoms with Crippen molar-refractivity contribution in [1.29, 1.82) is 0 Å². The van der Waals surface area contributed by atoms with E-state index >= 15 is 0 Å². The fraction of sp³-hybridized carbons (Fsp3) is 0.286. The lowest BCUT2D eigenvalue weighted by atomic mass is 9.98. The van der Waals surface area contributed by atoms with Crippen molar-refractivity contribution in [2.24, 2.45) is 0 Å². The molecule has 1 atom stereocenters. The molecule has 108 valence electrons. The van der Waals surface area contributed by atoms with Gasteiger partial charge in [0.25, 0.3) is 0 Å².